The average molecular weight is 511 g/mol. The van der Waals surface area contributed by atoms with Gasteiger partial charge in [0.1, 0.15) is 11.6 Å². The lowest BCUT2D eigenvalue weighted by molar-refractivity contribution is 0.692. The molecule has 3 aromatic heterocycles. The van der Waals surface area contributed by atoms with Gasteiger partial charge in [-0.1, -0.05) is 62.4 Å². The molecule has 0 saturated carbocycles. The number of aromatic nitrogens is 4. The normalized spacial score (nSPS) is 13.1. The van der Waals surface area contributed by atoms with E-state index >= 15 is 0 Å². The van der Waals surface area contributed by atoms with Gasteiger partial charge in [0.2, 0.25) is 0 Å². The van der Waals surface area contributed by atoms with Crippen LogP contribution in [0.15, 0.2) is 72.8 Å². The highest BCUT2D eigenvalue weighted by Gasteiger charge is 2.15. The van der Waals surface area contributed by atoms with Crippen molar-refractivity contribution in [1.29, 1.82) is 0 Å². The van der Waals surface area contributed by atoms with Gasteiger partial charge in [-0.2, -0.15) is 0 Å². The fraction of sp³-hybridized carbons (Fsp3) is 0.152. The van der Waals surface area contributed by atoms with E-state index in [1.165, 1.54) is 52.8 Å². The summed E-state index contributed by atoms with van der Waals surface area (Å²) in [6, 6.07) is 26.8. The van der Waals surface area contributed by atoms with Gasteiger partial charge in [-0.25, -0.2) is 9.97 Å². The zero-order valence-corrected chi connectivity index (χ0v) is 22.3. The number of benzene rings is 5. The lowest BCUT2D eigenvalue weighted by Gasteiger charge is -2.09. The highest BCUT2D eigenvalue weighted by molar-refractivity contribution is 7.25. The first-order valence-corrected chi connectivity index (χ1v) is 14.1. The fourth-order valence-corrected chi connectivity index (χ4v) is 7.04. The first-order chi connectivity index (χ1) is 18.6. The number of H-pyrrole nitrogens is 2. The van der Waals surface area contributed by atoms with E-state index in [0.717, 1.165) is 40.1 Å². The summed E-state index contributed by atoms with van der Waals surface area (Å²) >= 11 is 1.85. The molecule has 8 rings (SSSR count). The molecule has 0 aliphatic heterocycles. The number of hydrogen-bond acceptors (Lipinski definition) is 3. The number of rotatable bonds is 3. The largest absolute Gasteiger partial charge is 0.342 e. The van der Waals surface area contributed by atoms with Gasteiger partial charge in [0.25, 0.3) is 0 Å². The molecule has 0 amide bonds. The molecule has 38 heavy (non-hydrogen) atoms. The van der Waals surface area contributed by atoms with Crippen LogP contribution in [0.25, 0.3) is 74.9 Å². The summed E-state index contributed by atoms with van der Waals surface area (Å²) in [7, 11) is 0. The fourth-order valence-electron chi connectivity index (χ4n) is 5.88. The van der Waals surface area contributed by atoms with Gasteiger partial charge >= 0.3 is 0 Å². The summed E-state index contributed by atoms with van der Waals surface area (Å²) < 4.78 is 2.59. The predicted octanol–water partition coefficient (Wildman–Crippen LogP) is 9.60. The van der Waals surface area contributed by atoms with Gasteiger partial charge in [-0.05, 0) is 59.5 Å². The molecule has 0 radical (unpaired) electrons. The Balaban J connectivity index is 1.30. The Morgan fingerprint density at radius 3 is 2.34 bits per heavy atom. The molecule has 0 aliphatic carbocycles. The first kappa shape index (κ1) is 21.8. The summed E-state index contributed by atoms with van der Waals surface area (Å²) in [4.78, 5) is 16.8. The van der Waals surface area contributed by atoms with Gasteiger partial charge in [0.05, 0.1) is 22.1 Å². The van der Waals surface area contributed by atoms with E-state index in [-0.39, 0.29) is 0 Å². The summed E-state index contributed by atoms with van der Waals surface area (Å²) in [5.74, 6) is 2.46. The van der Waals surface area contributed by atoms with Gasteiger partial charge in [0.15, 0.2) is 0 Å². The molecule has 1 atom stereocenters. The van der Waals surface area contributed by atoms with E-state index in [1.54, 1.807) is 0 Å². The molecule has 0 aliphatic rings. The standard InChI is InChI=1S/C33H26N4S/c1-4-17(2)33-36-27-15-26-22-11-9-20(14-29(22)38-30(26)16-28(27)37-33)19-10-12-24-25(13-19)21-7-5-6-8-23(21)31-32(24)35-18(3)34-31/h5-17H,4H2,1-3H3,(H,34,35)(H,36,37). The number of hydrogen-bond donors (Lipinski definition) is 2. The molecule has 4 nitrogen and oxygen atoms in total. The Hall–Kier alpha value is -4.22. The highest BCUT2D eigenvalue weighted by atomic mass is 32.1. The van der Waals surface area contributed by atoms with Crippen LogP contribution in [0.1, 0.15) is 37.8 Å². The zero-order valence-electron chi connectivity index (χ0n) is 21.5. The van der Waals surface area contributed by atoms with Crippen molar-refractivity contribution in [3.05, 3.63) is 84.4 Å². The number of aryl methyl sites for hydroxylation is 1. The maximum absolute atomic E-state index is 4.89. The second-order valence-corrected chi connectivity index (χ2v) is 11.5. The summed E-state index contributed by atoms with van der Waals surface area (Å²) in [6.45, 7) is 6.46. The molecule has 5 aromatic carbocycles. The van der Waals surface area contributed by atoms with E-state index in [1.807, 2.05) is 18.3 Å². The molecule has 0 saturated heterocycles. The topological polar surface area (TPSA) is 57.4 Å². The average Bonchev–Trinajstić information content (AvgIpc) is 3.64. The zero-order chi connectivity index (χ0) is 25.5. The van der Waals surface area contributed by atoms with Gasteiger partial charge < -0.3 is 9.97 Å². The number of imidazole rings is 2. The number of thiophene rings is 1. The van der Waals surface area contributed by atoms with E-state index in [0.29, 0.717) is 5.92 Å². The third kappa shape index (κ3) is 3.09. The summed E-state index contributed by atoms with van der Waals surface area (Å²) in [5, 5.41) is 7.50. The smallest absolute Gasteiger partial charge is 0.110 e. The van der Waals surface area contributed by atoms with Crippen molar-refractivity contribution >= 4 is 75.1 Å². The number of nitrogens with one attached hydrogen (secondary N) is 2. The maximum atomic E-state index is 4.89. The minimum atomic E-state index is 0.437. The van der Waals surface area contributed by atoms with Gasteiger partial charge in [-0.3, -0.25) is 0 Å². The quantitative estimate of drug-likeness (QED) is 0.232. The lowest BCUT2D eigenvalue weighted by Crippen LogP contribution is -1.92. The molecule has 0 spiro atoms. The maximum Gasteiger partial charge on any atom is 0.110 e. The van der Waals surface area contributed by atoms with Crippen LogP contribution < -0.4 is 0 Å². The molecule has 0 bridgehead atoms. The Labute approximate surface area is 223 Å². The van der Waals surface area contributed by atoms with Crippen molar-refractivity contribution in [3.8, 4) is 11.1 Å². The van der Waals surface area contributed by atoms with E-state index in [4.69, 9.17) is 9.97 Å². The van der Waals surface area contributed by atoms with Gasteiger partial charge in [0, 0.05) is 36.9 Å². The Kier molecular flexibility index (Phi) is 4.53. The van der Waals surface area contributed by atoms with Crippen LogP contribution in [0.2, 0.25) is 0 Å². The van der Waals surface area contributed by atoms with Crippen LogP contribution in [-0.2, 0) is 0 Å². The minimum Gasteiger partial charge on any atom is -0.342 e. The highest BCUT2D eigenvalue weighted by Crippen LogP contribution is 2.40. The van der Waals surface area contributed by atoms with Crippen LogP contribution in [0.4, 0.5) is 0 Å². The third-order valence-corrected chi connectivity index (χ3v) is 9.20. The molecule has 8 aromatic rings. The molecule has 5 heteroatoms. The van der Waals surface area contributed by atoms with Crippen molar-refractivity contribution in [2.75, 3.05) is 0 Å². The molecular weight excluding hydrogens is 484 g/mol. The van der Waals surface area contributed by atoms with Crippen molar-refractivity contribution < 1.29 is 0 Å². The van der Waals surface area contributed by atoms with Crippen LogP contribution in [0, 0.1) is 6.92 Å². The summed E-state index contributed by atoms with van der Waals surface area (Å²) in [5.41, 5.74) is 6.80. The lowest BCUT2D eigenvalue weighted by atomic mass is 9.95. The minimum absolute atomic E-state index is 0.437. The number of aromatic amines is 2. The van der Waals surface area contributed by atoms with E-state index in [2.05, 4.69) is 96.6 Å². The van der Waals surface area contributed by atoms with Crippen LogP contribution in [0.5, 0.6) is 0 Å². The molecule has 3 heterocycles. The van der Waals surface area contributed by atoms with Crippen molar-refractivity contribution in [2.45, 2.75) is 33.1 Å². The monoisotopic (exact) mass is 510 g/mol. The summed E-state index contributed by atoms with van der Waals surface area (Å²) in [6.07, 6.45) is 1.08. The number of nitrogens with zero attached hydrogens (tertiary/aromatic N) is 2. The van der Waals surface area contributed by atoms with Crippen molar-refractivity contribution in [2.24, 2.45) is 0 Å². The first-order valence-electron chi connectivity index (χ1n) is 13.2. The molecule has 184 valence electrons. The Bertz CT molecular complexity index is 2210. The number of fused-ring (bicyclic) bond motifs is 10. The van der Waals surface area contributed by atoms with Crippen molar-refractivity contribution in [1.82, 2.24) is 19.9 Å². The second kappa shape index (κ2) is 7.89. The molecular formula is C33H26N4S. The third-order valence-electron chi connectivity index (χ3n) is 8.09. The predicted molar refractivity (Wildman–Crippen MR) is 163 cm³/mol. The van der Waals surface area contributed by atoms with Crippen LogP contribution in [0.3, 0.4) is 0 Å². The van der Waals surface area contributed by atoms with E-state index in [9.17, 15) is 0 Å². The SMILES string of the molecule is CCC(C)c1nc2cc3sc4cc(-c5ccc6c(c5)c5ccccc5c5nc(C)[nH]c65)ccc4c3cc2[nH]1. The Morgan fingerprint density at radius 1 is 0.737 bits per heavy atom. The van der Waals surface area contributed by atoms with Gasteiger partial charge in [-0.15, -0.1) is 11.3 Å². The van der Waals surface area contributed by atoms with Crippen LogP contribution >= 0.6 is 11.3 Å². The molecule has 2 N–H and O–H groups in total. The van der Waals surface area contributed by atoms with Crippen molar-refractivity contribution in [3.63, 3.8) is 0 Å². The second-order valence-electron chi connectivity index (χ2n) is 10.5. The van der Waals surface area contributed by atoms with Crippen LogP contribution in [-0.4, -0.2) is 19.9 Å². The molecule has 0 fully saturated rings. The van der Waals surface area contributed by atoms with E-state index < -0.39 is 0 Å². The Morgan fingerprint density at radius 2 is 1.50 bits per heavy atom. The molecule has 1 unspecified atom stereocenters.